The van der Waals surface area contributed by atoms with Gasteiger partial charge in [-0.15, -0.1) is 0 Å². The molecule has 0 unspecified atom stereocenters. The monoisotopic (exact) mass is 515 g/mol. The van der Waals surface area contributed by atoms with Crippen molar-refractivity contribution in [1.82, 2.24) is 14.5 Å². The fraction of sp³-hybridized carbons (Fsp3) is 0.448. The molecule has 0 saturated carbocycles. The Labute approximate surface area is 217 Å². The fourth-order valence-electron chi connectivity index (χ4n) is 4.11. The van der Waals surface area contributed by atoms with Crippen molar-refractivity contribution in [1.29, 1.82) is 0 Å². The van der Waals surface area contributed by atoms with Crippen LogP contribution in [0.2, 0.25) is 0 Å². The van der Waals surface area contributed by atoms with Crippen LogP contribution in [0, 0.1) is 12.8 Å². The fourth-order valence-corrected chi connectivity index (χ4v) is 4.11. The van der Waals surface area contributed by atoms with E-state index in [9.17, 15) is 18.0 Å². The average Bonchev–Trinajstić information content (AvgIpc) is 3.23. The molecule has 0 aliphatic rings. The van der Waals surface area contributed by atoms with Gasteiger partial charge in [-0.3, -0.25) is 4.90 Å². The van der Waals surface area contributed by atoms with Gasteiger partial charge in [0.15, 0.2) is 5.69 Å². The molecule has 37 heavy (non-hydrogen) atoms. The quantitative estimate of drug-likeness (QED) is 0.187. The molecule has 0 aliphatic carbocycles. The SMILES string of the molecule is CCCCn1c(-c2ccccc2)nc(C(F)(F)F)c1CN(CCC(C)C)COC(=O)c1ccccc1C. The lowest BCUT2D eigenvalue weighted by molar-refractivity contribution is -0.142. The number of hydrogen-bond acceptors (Lipinski definition) is 4. The highest BCUT2D eigenvalue weighted by molar-refractivity contribution is 5.90. The van der Waals surface area contributed by atoms with Gasteiger partial charge in [0.2, 0.25) is 0 Å². The smallest absolute Gasteiger partial charge is 0.435 e. The van der Waals surface area contributed by atoms with Crippen molar-refractivity contribution < 1.29 is 22.7 Å². The van der Waals surface area contributed by atoms with Crippen LogP contribution in [-0.4, -0.2) is 33.7 Å². The first-order valence-electron chi connectivity index (χ1n) is 12.8. The first-order valence-corrected chi connectivity index (χ1v) is 12.8. The van der Waals surface area contributed by atoms with E-state index >= 15 is 0 Å². The van der Waals surface area contributed by atoms with E-state index in [0.717, 1.165) is 24.8 Å². The Morgan fingerprint density at radius 2 is 1.76 bits per heavy atom. The number of imidazole rings is 1. The molecule has 8 heteroatoms. The van der Waals surface area contributed by atoms with E-state index < -0.39 is 17.8 Å². The van der Waals surface area contributed by atoms with Crippen LogP contribution in [0.5, 0.6) is 0 Å². The van der Waals surface area contributed by atoms with E-state index in [-0.39, 0.29) is 19.0 Å². The van der Waals surface area contributed by atoms with Crippen molar-refractivity contribution in [2.45, 2.75) is 66.2 Å². The zero-order chi connectivity index (χ0) is 27.0. The molecule has 2 aromatic carbocycles. The van der Waals surface area contributed by atoms with Crippen LogP contribution < -0.4 is 0 Å². The molecule has 0 atom stereocenters. The highest BCUT2D eigenvalue weighted by Gasteiger charge is 2.39. The molecular formula is C29H36F3N3O2. The number of hydrogen-bond donors (Lipinski definition) is 0. The Bertz CT molecular complexity index is 1160. The molecule has 3 rings (SSSR count). The van der Waals surface area contributed by atoms with Gasteiger partial charge in [-0.25, -0.2) is 9.78 Å². The summed E-state index contributed by atoms with van der Waals surface area (Å²) in [5, 5.41) is 0. The third-order valence-electron chi connectivity index (χ3n) is 6.25. The van der Waals surface area contributed by atoms with E-state index in [1.54, 1.807) is 45.9 Å². The maximum Gasteiger partial charge on any atom is 0.435 e. The number of halogens is 3. The second-order valence-electron chi connectivity index (χ2n) is 9.71. The molecule has 0 saturated heterocycles. The van der Waals surface area contributed by atoms with Gasteiger partial charge in [0.1, 0.15) is 12.6 Å². The third kappa shape index (κ3) is 7.68. The zero-order valence-electron chi connectivity index (χ0n) is 22.0. The summed E-state index contributed by atoms with van der Waals surface area (Å²) >= 11 is 0. The van der Waals surface area contributed by atoms with Crippen LogP contribution in [0.3, 0.4) is 0 Å². The van der Waals surface area contributed by atoms with Gasteiger partial charge in [0.25, 0.3) is 0 Å². The van der Waals surface area contributed by atoms with Gasteiger partial charge in [-0.2, -0.15) is 13.2 Å². The van der Waals surface area contributed by atoms with E-state index in [1.807, 2.05) is 32.0 Å². The first-order chi connectivity index (χ1) is 17.6. The summed E-state index contributed by atoms with van der Waals surface area (Å²) in [5.74, 6) is 0.145. The summed E-state index contributed by atoms with van der Waals surface area (Å²) in [4.78, 5) is 18.6. The third-order valence-corrected chi connectivity index (χ3v) is 6.25. The number of alkyl halides is 3. The Hall–Kier alpha value is -3.13. The van der Waals surface area contributed by atoms with E-state index in [4.69, 9.17) is 4.74 Å². The van der Waals surface area contributed by atoms with Gasteiger partial charge in [-0.1, -0.05) is 75.7 Å². The number of rotatable bonds is 12. The molecule has 0 spiro atoms. The number of esters is 1. The number of ether oxygens (including phenoxy) is 1. The zero-order valence-corrected chi connectivity index (χ0v) is 22.0. The number of benzene rings is 2. The average molecular weight is 516 g/mol. The molecule has 5 nitrogen and oxygen atoms in total. The van der Waals surface area contributed by atoms with Crippen LogP contribution in [0.4, 0.5) is 13.2 Å². The van der Waals surface area contributed by atoms with Gasteiger partial charge in [0.05, 0.1) is 11.3 Å². The second kappa shape index (κ2) is 12.9. The topological polar surface area (TPSA) is 47.4 Å². The lowest BCUT2D eigenvalue weighted by atomic mass is 10.1. The molecule has 0 radical (unpaired) electrons. The molecule has 1 aromatic heterocycles. The summed E-state index contributed by atoms with van der Waals surface area (Å²) in [5.41, 5.74) is 1.07. The first kappa shape index (κ1) is 28.4. The highest BCUT2D eigenvalue weighted by Crippen LogP contribution is 2.35. The normalized spacial score (nSPS) is 11.9. The summed E-state index contributed by atoms with van der Waals surface area (Å²) in [6.45, 7) is 8.68. The predicted molar refractivity (Wildman–Crippen MR) is 139 cm³/mol. The molecule has 0 fully saturated rings. The largest absolute Gasteiger partial charge is 0.446 e. The number of carbonyl (C=O) groups excluding carboxylic acids is 1. The van der Waals surface area contributed by atoms with Gasteiger partial charge in [0, 0.05) is 25.2 Å². The van der Waals surface area contributed by atoms with Crippen molar-refractivity contribution in [3.05, 3.63) is 77.1 Å². The minimum Gasteiger partial charge on any atom is -0.446 e. The molecule has 0 bridgehead atoms. The van der Waals surface area contributed by atoms with Crippen molar-refractivity contribution >= 4 is 5.97 Å². The molecule has 200 valence electrons. The number of carbonyl (C=O) groups is 1. The molecular weight excluding hydrogens is 479 g/mol. The molecule has 1 heterocycles. The second-order valence-corrected chi connectivity index (χ2v) is 9.71. The van der Waals surface area contributed by atoms with Crippen molar-refractivity contribution in [3.8, 4) is 11.4 Å². The molecule has 0 aliphatic heterocycles. The Kier molecular flexibility index (Phi) is 9.92. The standard InChI is InChI=1S/C29H36F3N3O2/c1-5-6-17-35-25(26(29(30,31)32)33-27(35)23-13-8-7-9-14-23)19-34(18-16-21(2)3)20-37-28(36)24-15-11-10-12-22(24)4/h7-15,21H,5-6,16-20H2,1-4H3. The summed E-state index contributed by atoms with van der Waals surface area (Å²) in [6, 6.07) is 16.1. The Morgan fingerprint density at radius 1 is 1.08 bits per heavy atom. The molecule has 0 N–H and O–H groups in total. The van der Waals surface area contributed by atoms with Gasteiger partial charge < -0.3 is 9.30 Å². The van der Waals surface area contributed by atoms with E-state index in [2.05, 4.69) is 18.8 Å². The van der Waals surface area contributed by atoms with Crippen molar-refractivity contribution in [2.75, 3.05) is 13.3 Å². The summed E-state index contributed by atoms with van der Waals surface area (Å²) in [7, 11) is 0. The maximum absolute atomic E-state index is 14.2. The molecule has 3 aromatic rings. The highest BCUT2D eigenvalue weighted by atomic mass is 19.4. The lowest BCUT2D eigenvalue weighted by Gasteiger charge is -2.25. The van der Waals surface area contributed by atoms with Crippen molar-refractivity contribution in [3.63, 3.8) is 0 Å². The van der Waals surface area contributed by atoms with Crippen LogP contribution in [0.1, 0.15) is 67.3 Å². The number of unbranched alkanes of at least 4 members (excludes halogenated alkanes) is 1. The van der Waals surface area contributed by atoms with Crippen LogP contribution in [-0.2, 0) is 24.0 Å². The van der Waals surface area contributed by atoms with Crippen molar-refractivity contribution in [2.24, 2.45) is 5.92 Å². The number of nitrogens with zero attached hydrogens (tertiary/aromatic N) is 3. The van der Waals surface area contributed by atoms with E-state index in [1.165, 1.54) is 0 Å². The Morgan fingerprint density at radius 3 is 2.38 bits per heavy atom. The van der Waals surface area contributed by atoms with Gasteiger partial charge >= 0.3 is 12.1 Å². The van der Waals surface area contributed by atoms with E-state index in [0.29, 0.717) is 36.0 Å². The lowest BCUT2D eigenvalue weighted by Crippen LogP contribution is -2.31. The van der Waals surface area contributed by atoms with Crippen LogP contribution in [0.25, 0.3) is 11.4 Å². The Balaban J connectivity index is 1.97. The summed E-state index contributed by atoms with van der Waals surface area (Å²) in [6.07, 6.45) is -2.32. The van der Waals surface area contributed by atoms with Crippen LogP contribution >= 0.6 is 0 Å². The molecule has 0 amide bonds. The minimum absolute atomic E-state index is 0.0356. The van der Waals surface area contributed by atoms with Crippen LogP contribution in [0.15, 0.2) is 54.6 Å². The number of aryl methyl sites for hydroxylation is 1. The minimum atomic E-state index is -4.61. The van der Waals surface area contributed by atoms with Gasteiger partial charge in [-0.05, 0) is 37.3 Å². The summed E-state index contributed by atoms with van der Waals surface area (Å²) < 4.78 is 50.0. The predicted octanol–water partition coefficient (Wildman–Crippen LogP) is 7.34. The maximum atomic E-state index is 14.2. The number of aromatic nitrogens is 2.